The van der Waals surface area contributed by atoms with Crippen molar-refractivity contribution in [1.29, 1.82) is 0 Å². The Morgan fingerprint density at radius 1 is 1.40 bits per heavy atom. The monoisotopic (exact) mass is 296 g/mol. The average molecular weight is 296 g/mol. The number of rotatable bonds is 7. The summed E-state index contributed by atoms with van der Waals surface area (Å²) in [6.07, 6.45) is 2.35. The molecule has 1 unspecified atom stereocenters. The Hall–Kier alpha value is -0.910. The molecule has 1 aromatic carbocycles. The average Bonchev–Trinajstić information content (AvgIpc) is 3.19. The fourth-order valence-electron chi connectivity index (χ4n) is 2.19. The van der Waals surface area contributed by atoms with Crippen molar-refractivity contribution in [2.45, 2.75) is 44.5 Å². The predicted octanol–water partition coefficient (Wildman–Crippen LogP) is 1.90. The standard InChI is InChI=1S/C15H24N2O2S/c1-12-5-4-6-14(9-12)11-17(3)20(18,19)13(2)10-16-15-7-8-15/h4-6,9,13,15-16H,7-8,10-11H2,1-3H3. The Kier molecular flexibility index (Phi) is 4.83. The van der Waals surface area contributed by atoms with E-state index in [1.54, 1.807) is 14.0 Å². The third-order valence-electron chi connectivity index (χ3n) is 3.70. The lowest BCUT2D eigenvalue weighted by Crippen LogP contribution is -2.40. The molecular weight excluding hydrogens is 272 g/mol. The van der Waals surface area contributed by atoms with Crippen molar-refractivity contribution in [2.75, 3.05) is 13.6 Å². The number of sulfonamides is 1. The lowest BCUT2D eigenvalue weighted by Gasteiger charge is -2.22. The van der Waals surface area contributed by atoms with E-state index in [4.69, 9.17) is 0 Å². The molecule has 1 aromatic rings. The van der Waals surface area contributed by atoms with Crippen molar-refractivity contribution in [3.05, 3.63) is 35.4 Å². The fraction of sp³-hybridized carbons (Fsp3) is 0.600. The van der Waals surface area contributed by atoms with Crippen molar-refractivity contribution >= 4 is 10.0 Å². The number of benzene rings is 1. The summed E-state index contributed by atoms with van der Waals surface area (Å²) >= 11 is 0. The minimum absolute atomic E-state index is 0.391. The smallest absolute Gasteiger partial charge is 0.218 e. The van der Waals surface area contributed by atoms with Gasteiger partial charge in [-0.25, -0.2) is 12.7 Å². The molecular formula is C15H24N2O2S. The van der Waals surface area contributed by atoms with E-state index in [1.165, 1.54) is 17.1 Å². The SMILES string of the molecule is Cc1cccc(CN(C)S(=O)(=O)C(C)CNC2CC2)c1. The lowest BCUT2D eigenvalue weighted by molar-refractivity contribution is 0.453. The molecule has 1 N–H and O–H groups in total. The first-order valence-electron chi connectivity index (χ1n) is 7.13. The van der Waals surface area contributed by atoms with E-state index in [9.17, 15) is 8.42 Å². The van der Waals surface area contributed by atoms with Crippen molar-refractivity contribution in [2.24, 2.45) is 0 Å². The first kappa shape index (κ1) is 15.5. The first-order valence-corrected chi connectivity index (χ1v) is 8.64. The summed E-state index contributed by atoms with van der Waals surface area (Å²) in [4.78, 5) is 0. The Morgan fingerprint density at radius 2 is 2.10 bits per heavy atom. The van der Waals surface area contributed by atoms with Crippen LogP contribution in [0.4, 0.5) is 0 Å². The van der Waals surface area contributed by atoms with Crippen LogP contribution in [0.25, 0.3) is 0 Å². The van der Waals surface area contributed by atoms with Gasteiger partial charge in [0.05, 0.1) is 5.25 Å². The number of hydrogen-bond donors (Lipinski definition) is 1. The maximum absolute atomic E-state index is 12.4. The summed E-state index contributed by atoms with van der Waals surface area (Å²) in [6, 6.07) is 8.50. The first-order chi connectivity index (χ1) is 9.39. The number of hydrogen-bond acceptors (Lipinski definition) is 3. The van der Waals surface area contributed by atoms with Gasteiger partial charge in [-0.15, -0.1) is 0 Å². The van der Waals surface area contributed by atoms with Crippen LogP contribution in [0.1, 0.15) is 30.9 Å². The minimum Gasteiger partial charge on any atom is -0.313 e. The van der Waals surface area contributed by atoms with Crippen LogP contribution in [-0.2, 0) is 16.6 Å². The Morgan fingerprint density at radius 3 is 2.70 bits per heavy atom. The van der Waals surface area contributed by atoms with Crippen molar-refractivity contribution in [3.63, 3.8) is 0 Å². The predicted molar refractivity (Wildman–Crippen MR) is 82.1 cm³/mol. The molecule has 0 saturated heterocycles. The Bertz CT molecular complexity index is 553. The molecule has 2 rings (SSSR count). The summed E-state index contributed by atoms with van der Waals surface area (Å²) in [5.74, 6) is 0. The fourth-order valence-corrected chi connectivity index (χ4v) is 3.44. The van der Waals surface area contributed by atoms with Crippen LogP contribution in [0.3, 0.4) is 0 Å². The van der Waals surface area contributed by atoms with Gasteiger partial charge in [-0.3, -0.25) is 0 Å². The largest absolute Gasteiger partial charge is 0.313 e. The van der Waals surface area contributed by atoms with Crippen LogP contribution in [0.15, 0.2) is 24.3 Å². The number of aryl methyl sites for hydroxylation is 1. The topological polar surface area (TPSA) is 49.4 Å². The Balaban J connectivity index is 1.96. The van der Waals surface area contributed by atoms with Crippen LogP contribution >= 0.6 is 0 Å². The third-order valence-corrected chi connectivity index (χ3v) is 5.88. The molecule has 0 aliphatic heterocycles. The van der Waals surface area contributed by atoms with Gasteiger partial charge in [0.2, 0.25) is 10.0 Å². The van der Waals surface area contributed by atoms with E-state index in [0.717, 1.165) is 11.1 Å². The third kappa shape index (κ3) is 4.04. The molecule has 0 radical (unpaired) electrons. The van der Waals surface area contributed by atoms with Gasteiger partial charge < -0.3 is 5.32 Å². The molecule has 1 saturated carbocycles. The summed E-state index contributed by atoms with van der Waals surface area (Å²) in [6.45, 7) is 4.75. The highest BCUT2D eigenvalue weighted by Gasteiger charge is 2.28. The van der Waals surface area contributed by atoms with Crippen LogP contribution < -0.4 is 5.32 Å². The highest BCUT2D eigenvalue weighted by atomic mass is 32.2. The second-order valence-electron chi connectivity index (χ2n) is 5.78. The molecule has 20 heavy (non-hydrogen) atoms. The minimum atomic E-state index is -3.25. The molecule has 5 heteroatoms. The highest BCUT2D eigenvalue weighted by molar-refractivity contribution is 7.89. The van der Waals surface area contributed by atoms with E-state index in [2.05, 4.69) is 5.32 Å². The molecule has 0 amide bonds. The van der Waals surface area contributed by atoms with Crippen molar-refractivity contribution in [1.82, 2.24) is 9.62 Å². The lowest BCUT2D eigenvalue weighted by atomic mass is 10.1. The molecule has 0 bridgehead atoms. The molecule has 0 heterocycles. The van der Waals surface area contributed by atoms with Crippen molar-refractivity contribution < 1.29 is 8.42 Å². The molecule has 0 spiro atoms. The summed E-state index contributed by atoms with van der Waals surface area (Å²) in [7, 11) is -1.59. The van der Waals surface area contributed by atoms with Gasteiger partial charge in [0.15, 0.2) is 0 Å². The molecule has 0 aromatic heterocycles. The zero-order chi connectivity index (χ0) is 14.8. The molecule has 112 valence electrons. The maximum atomic E-state index is 12.4. The molecule has 1 atom stereocenters. The van der Waals surface area contributed by atoms with E-state index < -0.39 is 15.3 Å². The van der Waals surface area contributed by atoms with E-state index in [1.807, 2.05) is 31.2 Å². The van der Waals surface area contributed by atoms with Gasteiger partial charge in [0.25, 0.3) is 0 Å². The number of nitrogens with one attached hydrogen (secondary N) is 1. The zero-order valence-corrected chi connectivity index (χ0v) is 13.3. The van der Waals surface area contributed by atoms with Crippen LogP contribution in [0.2, 0.25) is 0 Å². The van der Waals surface area contributed by atoms with Gasteiger partial charge in [0, 0.05) is 26.2 Å². The normalized spacial score (nSPS) is 17.4. The van der Waals surface area contributed by atoms with Gasteiger partial charge >= 0.3 is 0 Å². The van der Waals surface area contributed by atoms with Gasteiger partial charge in [-0.2, -0.15) is 0 Å². The van der Waals surface area contributed by atoms with Crippen LogP contribution in [-0.4, -0.2) is 37.6 Å². The van der Waals surface area contributed by atoms with Crippen LogP contribution in [0, 0.1) is 6.92 Å². The van der Waals surface area contributed by atoms with Gasteiger partial charge in [-0.05, 0) is 32.3 Å². The number of nitrogens with zero attached hydrogens (tertiary/aromatic N) is 1. The highest BCUT2D eigenvalue weighted by Crippen LogP contribution is 2.19. The van der Waals surface area contributed by atoms with Crippen molar-refractivity contribution in [3.8, 4) is 0 Å². The van der Waals surface area contributed by atoms with E-state index in [0.29, 0.717) is 19.1 Å². The summed E-state index contributed by atoms with van der Waals surface area (Å²) in [5.41, 5.74) is 2.18. The van der Waals surface area contributed by atoms with Gasteiger partial charge in [0.1, 0.15) is 0 Å². The quantitative estimate of drug-likeness (QED) is 0.836. The molecule has 1 fully saturated rings. The van der Waals surface area contributed by atoms with E-state index >= 15 is 0 Å². The second-order valence-corrected chi connectivity index (χ2v) is 8.24. The second kappa shape index (κ2) is 6.24. The molecule has 1 aliphatic carbocycles. The zero-order valence-electron chi connectivity index (χ0n) is 12.5. The van der Waals surface area contributed by atoms with Crippen LogP contribution in [0.5, 0.6) is 0 Å². The van der Waals surface area contributed by atoms with Gasteiger partial charge in [-0.1, -0.05) is 29.8 Å². The molecule has 4 nitrogen and oxygen atoms in total. The molecule has 1 aliphatic rings. The summed E-state index contributed by atoms with van der Waals surface area (Å²) in [5, 5.41) is 2.89. The summed E-state index contributed by atoms with van der Waals surface area (Å²) < 4.78 is 26.3. The van der Waals surface area contributed by atoms with E-state index in [-0.39, 0.29) is 0 Å². The maximum Gasteiger partial charge on any atom is 0.218 e. The Labute approximate surface area is 122 Å².